The van der Waals surface area contributed by atoms with Crippen LogP contribution in [0.25, 0.3) is 0 Å². The molecule has 1 unspecified atom stereocenters. The van der Waals surface area contributed by atoms with Crippen LogP contribution in [0.3, 0.4) is 0 Å². The number of ether oxygens (including phenoxy) is 1. The van der Waals surface area contributed by atoms with Crippen molar-refractivity contribution in [2.45, 2.75) is 13.0 Å². The van der Waals surface area contributed by atoms with Gasteiger partial charge in [-0.25, -0.2) is 5.01 Å². The zero-order valence-corrected chi connectivity index (χ0v) is 16.8. The van der Waals surface area contributed by atoms with Crippen LogP contribution in [0.15, 0.2) is 23.3 Å². The lowest BCUT2D eigenvalue weighted by atomic mass is 9.94. The Hall–Kier alpha value is -1.18. The maximum Gasteiger partial charge on any atom is 0.251 e. The number of hydrogen-bond donors (Lipinski definition) is 0. The average molecular weight is 411 g/mol. The number of fused-ring (bicyclic) bond motifs is 1. The second-order valence-electron chi connectivity index (χ2n) is 7.34. The Morgan fingerprint density at radius 2 is 1.78 bits per heavy atom. The third-order valence-corrected chi connectivity index (χ3v) is 5.82. The number of benzene rings is 1. The first-order valence-corrected chi connectivity index (χ1v) is 10.2. The van der Waals surface area contributed by atoms with Crippen LogP contribution in [-0.4, -0.2) is 78.9 Å². The molecule has 1 aromatic carbocycles. The van der Waals surface area contributed by atoms with Gasteiger partial charge in [0.2, 0.25) is 0 Å². The number of likely N-dealkylation sites (tertiary alicyclic amines) is 1. The number of hydrazone groups is 1. The van der Waals surface area contributed by atoms with E-state index in [-0.39, 0.29) is 11.8 Å². The van der Waals surface area contributed by atoms with Gasteiger partial charge < -0.3 is 4.74 Å². The van der Waals surface area contributed by atoms with Gasteiger partial charge in [-0.2, -0.15) is 5.10 Å². The fourth-order valence-corrected chi connectivity index (χ4v) is 4.54. The number of carbonyl (C=O) groups is 1. The molecule has 0 bridgehead atoms. The predicted octanol–water partition coefficient (Wildman–Crippen LogP) is 2.35. The van der Waals surface area contributed by atoms with Gasteiger partial charge in [-0.1, -0.05) is 23.2 Å². The van der Waals surface area contributed by atoms with Gasteiger partial charge in [0, 0.05) is 49.3 Å². The van der Waals surface area contributed by atoms with Crippen molar-refractivity contribution in [2.75, 3.05) is 52.5 Å². The molecule has 1 aromatic rings. The molecule has 0 N–H and O–H groups in total. The second kappa shape index (κ2) is 8.45. The van der Waals surface area contributed by atoms with Crippen LogP contribution in [0.4, 0.5) is 0 Å². The standard InChI is InChI=1S/C19H24Cl2N4O2/c20-15-9-14(10-16(21)11-15)12-24-2-1-17-18(13-24)22-25(19(17)26)4-3-23-5-7-27-8-6-23/h9-11,17H,1-8,12-13H2. The highest BCUT2D eigenvalue weighted by Gasteiger charge is 2.39. The summed E-state index contributed by atoms with van der Waals surface area (Å²) >= 11 is 12.2. The van der Waals surface area contributed by atoms with Crippen molar-refractivity contribution >= 4 is 34.8 Å². The Labute approximate surface area is 169 Å². The zero-order chi connectivity index (χ0) is 18.8. The Bertz CT molecular complexity index is 716. The molecule has 146 valence electrons. The van der Waals surface area contributed by atoms with Crippen molar-refractivity contribution in [1.82, 2.24) is 14.8 Å². The quantitative estimate of drug-likeness (QED) is 0.747. The first-order valence-electron chi connectivity index (χ1n) is 9.45. The molecule has 27 heavy (non-hydrogen) atoms. The second-order valence-corrected chi connectivity index (χ2v) is 8.21. The largest absolute Gasteiger partial charge is 0.379 e. The summed E-state index contributed by atoms with van der Waals surface area (Å²) in [4.78, 5) is 17.3. The number of nitrogens with zero attached hydrogens (tertiary/aromatic N) is 4. The average Bonchev–Trinajstić information content (AvgIpc) is 2.95. The first-order chi connectivity index (χ1) is 13.1. The molecule has 0 saturated carbocycles. The Kier molecular flexibility index (Phi) is 5.99. The summed E-state index contributed by atoms with van der Waals surface area (Å²) in [6, 6.07) is 5.62. The molecule has 0 spiro atoms. The molecule has 4 rings (SSSR count). The van der Waals surface area contributed by atoms with E-state index in [4.69, 9.17) is 27.9 Å². The summed E-state index contributed by atoms with van der Waals surface area (Å²) in [5.74, 6) is 0.109. The molecule has 0 radical (unpaired) electrons. The van der Waals surface area contributed by atoms with Crippen LogP contribution in [0.5, 0.6) is 0 Å². The van der Waals surface area contributed by atoms with Crippen LogP contribution in [0.1, 0.15) is 12.0 Å². The molecule has 0 aliphatic carbocycles. The Balaban J connectivity index is 1.35. The van der Waals surface area contributed by atoms with Gasteiger partial charge in [-0.15, -0.1) is 0 Å². The van der Waals surface area contributed by atoms with E-state index in [1.54, 1.807) is 11.1 Å². The molecule has 8 heteroatoms. The van der Waals surface area contributed by atoms with Gasteiger partial charge in [0.15, 0.2) is 0 Å². The predicted molar refractivity (Wildman–Crippen MR) is 106 cm³/mol. The lowest BCUT2D eigenvalue weighted by Crippen LogP contribution is -2.43. The number of hydrogen-bond acceptors (Lipinski definition) is 5. The zero-order valence-electron chi connectivity index (χ0n) is 15.2. The minimum absolute atomic E-state index is 0.0473. The fraction of sp³-hybridized carbons (Fsp3) is 0.579. The van der Waals surface area contributed by atoms with Gasteiger partial charge in [0.25, 0.3) is 5.91 Å². The van der Waals surface area contributed by atoms with Crippen molar-refractivity contribution in [2.24, 2.45) is 11.0 Å². The number of halogens is 2. The number of amides is 1. The van der Waals surface area contributed by atoms with E-state index in [2.05, 4.69) is 14.9 Å². The fourth-order valence-electron chi connectivity index (χ4n) is 3.96. The van der Waals surface area contributed by atoms with Crippen molar-refractivity contribution in [3.8, 4) is 0 Å². The summed E-state index contributed by atoms with van der Waals surface area (Å²) in [6.07, 6.45) is 0.819. The lowest BCUT2D eigenvalue weighted by molar-refractivity contribution is -0.132. The van der Waals surface area contributed by atoms with E-state index in [9.17, 15) is 4.79 Å². The summed E-state index contributed by atoms with van der Waals surface area (Å²) in [5.41, 5.74) is 2.07. The van der Waals surface area contributed by atoms with Gasteiger partial charge in [-0.3, -0.25) is 14.6 Å². The highest BCUT2D eigenvalue weighted by atomic mass is 35.5. The van der Waals surface area contributed by atoms with Crippen LogP contribution in [0, 0.1) is 5.92 Å². The molecule has 2 saturated heterocycles. The van der Waals surface area contributed by atoms with E-state index in [1.165, 1.54) is 0 Å². The molecular formula is C19H24Cl2N4O2. The normalized spacial score (nSPS) is 24.2. The first kappa shape index (κ1) is 19.2. The van der Waals surface area contributed by atoms with E-state index in [1.807, 2.05) is 12.1 Å². The van der Waals surface area contributed by atoms with Crippen LogP contribution >= 0.6 is 23.2 Å². The van der Waals surface area contributed by atoms with E-state index >= 15 is 0 Å². The SMILES string of the molecule is O=C1C2CCN(Cc3cc(Cl)cc(Cl)c3)CC2=NN1CCN1CCOCC1. The minimum atomic E-state index is -0.0473. The number of morpholine rings is 1. The minimum Gasteiger partial charge on any atom is -0.379 e. The maximum atomic E-state index is 12.7. The van der Waals surface area contributed by atoms with E-state index in [0.717, 1.165) is 63.6 Å². The van der Waals surface area contributed by atoms with Crippen molar-refractivity contribution < 1.29 is 9.53 Å². The number of piperidine rings is 1. The third kappa shape index (κ3) is 4.63. The molecule has 3 aliphatic heterocycles. The third-order valence-electron chi connectivity index (χ3n) is 5.38. The Morgan fingerprint density at radius 3 is 2.52 bits per heavy atom. The number of carbonyl (C=O) groups excluding carboxylic acids is 1. The van der Waals surface area contributed by atoms with Crippen molar-refractivity contribution in [1.29, 1.82) is 0 Å². The van der Waals surface area contributed by atoms with Crippen LogP contribution in [0.2, 0.25) is 10.0 Å². The Morgan fingerprint density at radius 1 is 1.04 bits per heavy atom. The smallest absolute Gasteiger partial charge is 0.251 e. The molecule has 1 atom stereocenters. The van der Waals surface area contributed by atoms with Crippen molar-refractivity contribution in [3.05, 3.63) is 33.8 Å². The molecule has 3 heterocycles. The topological polar surface area (TPSA) is 48.4 Å². The van der Waals surface area contributed by atoms with Gasteiger partial charge in [0.05, 0.1) is 31.4 Å². The van der Waals surface area contributed by atoms with Gasteiger partial charge in [0.1, 0.15) is 0 Å². The maximum absolute atomic E-state index is 12.7. The van der Waals surface area contributed by atoms with E-state index in [0.29, 0.717) is 23.1 Å². The highest BCUT2D eigenvalue weighted by Crippen LogP contribution is 2.26. The number of rotatable bonds is 5. The summed E-state index contributed by atoms with van der Waals surface area (Å²) < 4.78 is 5.37. The summed E-state index contributed by atoms with van der Waals surface area (Å²) in [5, 5.41) is 7.62. The van der Waals surface area contributed by atoms with Crippen LogP contribution < -0.4 is 0 Å². The van der Waals surface area contributed by atoms with Crippen molar-refractivity contribution in [3.63, 3.8) is 0 Å². The monoisotopic (exact) mass is 410 g/mol. The molecular weight excluding hydrogens is 387 g/mol. The summed E-state index contributed by atoms with van der Waals surface area (Å²) in [6.45, 7) is 7.25. The summed E-state index contributed by atoms with van der Waals surface area (Å²) in [7, 11) is 0. The molecule has 2 fully saturated rings. The lowest BCUT2D eigenvalue weighted by Gasteiger charge is -2.29. The molecule has 3 aliphatic rings. The van der Waals surface area contributed by atoms with Gasteiger partial charge >= 0.3 is 0 Å². The molecule has 0 aromatic heterocycles. The highest BCUT2D eigenvalue weighted by molar-refractivity contribution is 6.34. The molecule has 6 nitrogen and oxygen atoms in total. The van der Waals surface area contributed by atoms with E-state index < -0.39 is 0 Å². The molecule has 1 amide bonds. The van der Waals surface area contributed by atoms with Crippen LogP contribution in [-0.2, 0) is 16.1 Å². The van der Waals surface area contributed by atoms with Gasteiger partial charge in [-0.05, 0) is 30.2 Å².